The van der Waals surface area contributed by atoms with Crippen molar-refractivity contribution < 1.29 is 0 Å². The highest BCUT2D eigenvalue weighted by molar-refractivity contribution is 7.10. The van der Waals surface area contributed by atoms with Gasteiger partial charge in [-0.25, -0.2) is 0 Å². The van der Waals surface area contributed by atoms with Crippen molar-refractivity contribution in [3.05, 3.63) is 21.3 Å². The van der Waals surface area contributed by atoms with E-state index in [0.29, 0.717) is 0 Å². The van der Waals surface area contributed by atoms with Crippen LogP contribution in [0.2, 0.25) is 5.02 Å². The van der Waals surface area contributed by atoms with Gasteiger partial charge in [0.2, 0.25) is 0 Å². The van der Waals surface area contributed by atoms with Gasteiger partial charge in [-0.15, -0.1) is 11.3 Å². The van der Waals surface area contributed by atoms with E-state index >= 15 is 0 Å². The maximum Gasteiger partial charge on any atom is 0.0564 e. The highest BCUT2D eigenvalue weighted by Gasteiger charge is 2.38. The maximum absolute atomic E-state index is 6.42. The molecule has 14 heavy (non-hydrogen) atoms. The second-order valence-electron chi connectivity index (χ2n) is 4.27. The second-order valence-corrected chi connectivity index (χ2v) is 5.59. The molecule has 3 heteroatoms. The summed E-state index contributed by atoms with van der Waals surface area (Å²) in [4.78, 5) is 1.19. The van der Waals surface area contributed by atoms with Crippen LogP contribution in [-0.4, -0.2) is 0 Å². The molecule has 0 bridgehead atoms. The highest BCUT2D eigenvalue weighted by Crippen LogP contribution is 2.45. The van der Waals surface area contributed by atoms with E-state index in [4.69, 9.17) is 17.3 Å². The van der Waals surface area contributed by atoms with E-state index in [2.05, 4.69) is 6.92 Å². The molecule has 78 valence electrons. The van der Waals surface area contributed by atoms with Gasteiger partial charge < -0.3 is 5.73 Å². The summed E-state index contributed by atoms with van der Waals surface area (Å²) in [5.41, 5.74) is 6.28. The molecule has 0 radical (unpaired) electrons. The molecule has 1 heterocycles. The molecule has 2 N–H and O–H groups in total. The Morgan fingerprint density at radius 2 is 2.50 bits per heavy atom. The first-order chi connectivity index (χ1) is 6.65. The molecular weight excluding hydrogens is 214 g/mol. The van der Waals surface area contributed by atoms with Gasteiger partial charge >= 0.3 is 0 Å². The van der Waals surface area contributed by atoms with E-state index in [9.17, 15) is 0 Å². The minimum Gasteiger partial charge on any atom is -0.321 e. The smallest absolute Gasteiger partial charge is 0.0564 e. The molecule has 2 atom stereocenters. The molecule has 0 amide bonds. The third-order valence-corrected chi connectivity index (χ3v) is 4.86. The van der Waals surface area contributed by atoms with Crippen LogP contribution in [0.4, 0.5) is 0 Å². The molecule has 1 aromatic heterocycles. The molecule has 1 aliphatic rings. The largest absolute Gasteiger partial charge is 0.321 e. The molecule has 0 saturated heterocycles. The Morgan fingerprint density at radius 1 is 1.71 bits per heavy atom. The van der Waals surface area contributed by atoms with E-state index < -0.39 is 0 Å². The topological polar surface area (TPSA) is 26.0 Å². The SMILES string of the molecule is CCC1CCC(N)(c2sccc2Cl)C1. The fourth-order valence-corrected chi connectivity index (χ4v) is 3.79. The summed E-state index contributed by atoms with van der Waals surface area (Å²) in [6, 6.07) is 1.95. The van der Waals surface area contributed by atoms with Crippen LogP contribution in [0.25, 0.3) is 0 Å². The predicted molar refractivity (Wildman–Crippen MR) is 62.8 cm³/mol. The fourth-order valence-electron chi connectivity index (χ4n) is 2.38. The van der Waals surface area contributed by atoms with Gasteiger partial charge in [0, 0.05) is 4.88 Å². The maximum atomic E-state index is 6.42. The Kier molecular flexibility index (Phi) is 2.87. The van der Waals surface area contributed by atoms with Crippen LogP contribution in [0.5, 0.6) is 0 Å². The second kappa shape index (κ2) is 3.84. The standard InChI is InChI=1S/C11H16ClNS/c1-2-8-3-5-11(13,7-8)10-9(12)4-6-14-10/h4,6,8H,2-3,5,7,13H2,1H3. The van der Waals surface area contributed by atoms with Crippen LogP contribution in [0.1, 0.15) is 37.5 Å². The molecule has 0 aliphatic heterocycles. The lowest BCUT2D eigenvalue weighted by atomic mass is 9.94. The van der Waals surface area contributed by atoms with Crippen LogP contribution in [-0.2, 0) is 5.54 Å². The van der Waals surface area contributed by atoms with Gasteiger partial charge in [0.05, 0.1) is 10.6 Å². The first-order valence-corrected chi connectivity index (χ1v) is 6.44. The number of thiophene rings is 1. The molecule has 0 aromatic carbocycles. The average molecular weight is 230 g/mol. The third-order valence-electron chi connectivity index (χ3n) is 3.30. The summed E-state index contributed by atoms with van der Waals surface area (Å²) >= 11 is 7.83. The normalized spacial score (nSPS) is 32.4. The molecule has 1 fully saturated rings. The number of hydrogen-bond acceptors (Lipinski definition) is 2. The highest BCUT2D eigenvalue weighted by atomic mass is 35.5. The van der Waals surface area contributed by atoms with Gasteiger partial charge in [0.1, 0.15) is 0 Å². The van der Waals surface area contributed by atoms with Gasteiger partial charge in [-0.05, 0) is 36.6 Å². The first kappa shape index (κ1) is 10.5. The van der Waals surface area contributed by atoms with Crippen molar-refractivity contribution in [3.63, 3.8) is 0 Å². The van der Waals surface area contributed by atoms with Gasteiger partial charge in [0.25, 0.3) is 0 Å². The van der Waals surface area contributed by atoms with Crippen molar-refractivity contribution in [3.8, 4) is 0 Å². The third kappa shape index (κ3) is 1.71. The van der Waals surface area contributed by atoms with Crippen molar-refractivity contribution in [2.45, 2.75) is 38.1 Å². The number of halogens is 1. The molecule has 1 aliphatic carbocycles. The molecular formula is C11H16ClNS. The Balaban J connectivity index is 2.22. The number of hydrogen-bond donors (Lipinski definition) is 1. The van der Waals surface area contributed by atoms with Crippen LogP contribution in [0.15, 0.2) is 11.4 Å². The zero-order valence-corrected chi connectivity index (χ0v) is 10.00. The lowest BCUT2D eigenvalue weighted by Crippen LogP contribution is -2.32. The minimum atomic E-state index is -0.133. The summed E-state index contributed by atoms with van der Waals surface area (Å²) in [7, 11) is 0. The summed E-state index contributed by atoms with van der Waals surface area (Å²) in [6.07, 6.45) is 4.68. The van der Waals surface area contributed by atoms with Gasteiger partial charge in [-0.1, -0.05) is 24.9 Å². The van der Waals surface area contributed by atoms with Crippen molar-refractivity contribution in [2.75, 3.05) is 0 Å². The molecule has 1 saturated carbocycles. The van der Waals surface area contributed by atoms with Crippen LogP contribution >= 0.6 is 22.9 Å². The van der Waals surface area contributed by atoms with E-state index in [1.54, 1.807) is 11.3 Å². The summed E-state index contributed by atoms with van der Waals surface area (Å²) in [6.45, 7) is 2.24. The quantitative estimate of drug-likeness (QED) is 0.821. The molecule has 1 nitrogen and oxygen atoms in total. The van der Waals surface area contributed by atoms with Crippen LogP contribution in [0.3, 0.4) is 0 Å². The zero-order chi connectivity index (χ0) is 10.2. The monoisotopic (exact) mass is 229 g/mol. The zero-order valence-electron chi connectivity index (χ0n) is 8.42. The number of rotatable bonds is 2. The molecule has 2 unspecified atom stereocenters. The molecule has 2 rings (SSSR count). The van der Waals surface area contributed by atoms with Gasteiger partial charge in [0.15, 0.2) is 0 Å². The van der Waals surface area contributed by atoms with Crippen LogP contribution < -0.4 is 5.73 Å². The van der Waals surface area contributed by atoms with Crippen molar-refractivity contribution >= 4 is 22.9 Å². The fraction of sp³-hybridized carbons (Fsp3) is 0.636. The van der Waals surface area contributed by atoms with Crippen molar-refractivity contribution in [2.24, 2.45) is 11.7 Å². The predicted octanol–water partition coefficient (Wildman–Crippen LogP) is 3.77. The van der Waals surface area contributed by atoms with Crippen LogP contribution in [0, 0.1) is 5.92 Å². The lowest BCUT2D eigenvalue weighted by molar-refractivity contribution is 0.431. The summed E-state index contributed by atoms with van der Waals surface area (Å²) in [5.74, 6) is 0.790. The average Bonchev–Trinajstić information content (AvgIpc) is 2.73. The summed E-state index contributed by atoms with van der Waals surface area (Å²) < 4.78 is 0. The Morgan fingerprint density at radius 3 is 3.00 bits per heavy atom. The Bertz CT molecular complexity index is 323. The first-order valence-electron chi connectivity index (χ1n) is 5.18. The lowest BCUT2D eigenvalue weighted by Gasteiger charge is -2.23. The molecule has 1 aromatic rings. The molecule has 0 spiro atoms. The number of nitrogens with two attached hydrogens (primary N) is 1. The minimum absolute atomic E-state index is 0.133. The van der Waals surface area contributed by atoms with Crippen molar-refractivity contribution in [1.82, 2.24) is 0 Å². The Labute approximate surface area is 94.3 Å². The van der Waals surface area contributed by atoms with Crippen molar-refractivity contribution in [1.29, 1.82) is 0 Å². The summed E-state index contributed by atoms with van der Waals surface area (Å²) in [5, 5.41) is 2.89. The Hall–Kier alpha value is -0.0500. The van der Waals surface area contributed by atoms with Gasteiger partial charge in [-0.2, -0.15) is 0 Å². The van der Waals surface area contributed by atoms with Gasteiger partial charge in [-0.3, -0.25) is 0 Å². The van der Waals surface area contributed by atoms with E-state index in [1.165, 1.54) is 17.7 Å². The van der Waals surface area contributed by atoms with E-state index in [0.717, 1.165) is 23.8 Å². The van der Waals surface area contributed by atoms with E-state index in [-0.39, 0.29) is 5.54 Å². The van der Waals surface area contributed by atoms with E-state index in [1.807, 2.05) is 11.4 Å².